The molecule has 27 heavy (non-hydrogen) atoms. The summed E-state index contributed by atoms with van der Waals surface area (Å²) in [5.41, 5.74) is 4.63. The van der Waals surface area contributed by atoms with Crippen molar-refractivity contribution in [2.75, 3.05) is 0 Å². The normalized spacial score (nSPS) is 12.3. The summed E-state index contributed by atoms with van der Waals surface area (Å²) >= 11 is 0. The number of hydrogen-bond acceptors (Lipinski definition) is 1. The van der Waals surface area contributed by atoms with Crippen LogP contribution < -0.4 is 0 Å². The van der Waals surface area contributed by atoms with Crippen LogP contribution in [0.4, 0.5) is 13.2 Å². The van der Waals surface area contributed by atoms with Crippen molar-refractivity contribution >= 4 is 0 Å². The number of pyridine rings is 1. The molecule has 4 heteroatoms. The smallest absolute Gasteiger partial charge is 0.248 e. The van der Waals surface area contributed by atoms with E-state index in [-0.39, 0.29) is 5.41 Å². The Bertz CT molecular complexity index is 931. The van der Waals surface area contributed by atoms with Crippen molar-refractivity contribution in [2.45, 2.75) is 39.3 Å². The Morgan fingerprint density at radius 1 is 0.667 bits per heavy atom. The molecule has 0 saturated heterocycles. The van der Waals surface area contributed by atoms with Crippen LogP contribution in [-0.2, 0) is 11.6 Å². The van der Waals surface area contributed by atoms with Crippen molar-refractivity contribution in [1.29, 1.82) is 0 Å². The van der Waals surface area contributed by atoms with Gasteiger partial charge >= 0.3 is 6.18 Å². The van der Waals surface area contributed by atoms with E-state index in [0.29, 0.717) is 11.3 Å². The van der Waals surface area contributed by atoms with E-state index in [0.717, 1.165) is 34.5 Å². The Labute approximate surface area is 157 Å². The van der Waals surface area contributed by atoms with Crippen LogP contribution in [0.1, 0.15) is 37.5 Å². The highest BCUT2D eigenvalue weighted by Crippen LogP contribution is 2.33. The fourth-order valence-electron chi connectivity index (χ4n) is 2.81. The lowest BCUT2D eigenvalue weighted by molar-refractivity contribution is -0.137. The first kappa shape index (κ1) is 19.2. The fraction of sp³-hybridized carbons (Fsp3) is 0.261. The SMILES string of the molecule is Cc1ccc(-c2cc(C(C)(C)C)cc(-c3ccc(C(F)(F)F)cc3)n2)cc1. The van der Waals surface area contributed by atoms with E-state index in [1.807, 2.05) is 37.3 Å². The number of aromatic nitrogens is 1. The zero-order chi connectivity index (χ0) is 19.8. The zero-order valence-corrected chi connectivity index (χ0v) is 15.9. The van der Waals surface area contributed by atoms with Crippen molar-refractivity contribution in [3.8, 4) is 22.5 Å². The minimum atomic E-state index is -4.34. The monoisotopic (exact) mass is 369 g/mol. The Hall–Kier alpha value is -2.62. The third-order valence-corrected chi connectivity index (χ3v) is 4.55. The van der Waals surface area contributed by atoms with Crippen LogP contribution in [0.3, 0.4) is 0 Å². The third-order valence-electron chi connectivity index (χ3n) is 4.55. The molecule has 0 atom stereocenters. The zero-order valence-electron chi connectivity index (χ0n) is 15.9. The molecule has 0 fully saturated rings. The molecule has 0 spiro atoms. The van der Waals surface area contributed by atoms with Crippen molar-refractivity contribution in [2.24, 2.45) is 0 Å². The van der Waals surface area contributed by atoms with Gasteiger partial charge in [0.25, 0.3) is 0 Å². The summed E-state index contributed by atoms with van der Waals surface area (Å²) in [4.78, 5) is 4.73. The van der Waals surface area contributed by atoms with E-state index in [1.54, 1.807) is 0 Å². The lowest BCUT2D eigenvalue weighted by atomic mass is 9.85. The van der Waals surface area contributed by atoms with Gasteiger partial charge < -0.3 is 0 Å². The molecule has 0 aliphatic rings. The number of hydrogen-bond donors (Lipinski definition) is 0. The first-order valence-electron chi connectivity index (χ1n) is 8.81. The molecule has 0 radical (unpaired) electrons. The maximum atomic E-state index is 12.8. The van der Waals surface area contributed by atoms with Crippen LogP contribution in [0.2, 0.25) is 0 Å². The van der Waals surface area contributed by atoms with Crippen LogP contribution in [-0.4, -0.2) is 4.98 Å². The number of benzene rings is 2. The predicted octanol–water partition coefficient (Wildman–Crippen LogP) is 7.04. The van der Waals surface area contributed by atoms with Gasteiger partial charge in [-0.15, -0.1) is 0 Å². The molecule has 0 N–H and O–H groups in total. The van der Waals surface area contributed by atoms with Gasteiger partial charge in [0.1, 0.15) is 0 Å². The largest absolute Gasteiger partial charge is 0.416 e. The molecule has 0 aliphatic heterocycles. The van der Waals surface area contributed by atoms with Gasteiger partial charge in [0.2, 0.25) is 0 Å². The highest BCUT2D eigenvalue weighted by atomic mass is 19.4. The number of halogens is 3. The molecule has 140 valence electrons. The molecule has 0 bridgehead atoms. The third kappa shape index (κ3) is 4.38. The van der Waals surface area contributed by atoms with E-state index in [2.05, 4.69) is 26.8 Å². The Morgan fingerprint density at radius 2 is 1.11 bits per heavy atom. The Morgan fingerprint density at radius 3 is 1.52 bits per heavy atom. The molecular formula is C23H22F3N. The summed E-state index contributed by atoms with van der Waals surface area (Å²) in [5.74, 6) is 0. The van der Waals surface area contributed by atoms with E-state index in [4.69, 9.17) is 4.98 Å². The average Bonchev–Trinajstić information content (AvgIpc) is 2.60. The van der Waals surface area contributed by atoms with Crippen LogP contribution >= 0.6 is 0 Å². The van der Waals surface area contributed by atoms with Crippen molar-refractivity contribution in [3.63, 3.8) is 0 Å². The summed E-state index contributed by atoms with van der Waals surface area (Å²) < 4.78 is 38.5. The first-order chi connectivity index (χ1) is 12.5. The second kappa shape index (κ2) is 6.84. The quantitative estimate of drug-likeness (QED) is 0.472. The van der Waals surface area contributed by atoms with Crippen LogP contribution in [0.5, 0.6) is 0 Å². The second-order valence-electron chi connectivity index (χ2n) is 7.82. The topological polar surface area (TPSA) is 12.9 Å². The van der Waals surface area contributed by atoms with Crippen LogP contribution in [0.25, 0.3) is 22.5 Å². The summed E-state index contributed by atoms with van der Waals surface area (Å²) in [5, 5.41) is 0. The predicted molar refractivity (Wildman–Crippen MR) is 104 cm³/mol. The molecule has 3 rings (SSSR count). The summed E-state index contributed by atoms with van der Waals surface area (Å²) in [6.07, 6.45) is -4.34. The van der Waals surface area contributed by atoms with Gasteiger partial charge in [0.05, 0.1) is 17.0 Å². The van der Waals surface area contributed by atoms with E-state index in [1.165, 1.54) is 12.1 Å². The second-order valence-corrected chi connectivity index (χ2v) is 7.82. The minimum absolute atomic E-state index is 0.108. The van der Waals surface area contributed by atoms with Gasteiger partial charge in [0.15, 0.2) is 0 Å². The standard InChI is InChI=1S/C23H22F3N/c1-15-5-7-16(8-6-15)20-13-19(22(2,3)4)14-21(27-20)17-9-11-18(12-10-17)23(24,25)26/h5-14H,1-4H3. The maximum Gasteiger partial charge on any atom is 0.416 e. The molecule has 0 aliphatic carbocycles. The lowest BCUT2D eigenvalue weighted by Crippen LogP contribution is -2.12. The fourth-order valence-corrected chi connectivity index (χ4v) is 2.81. The molecule has 1 heterocycles. The highest BCUT2D eigenvalue weighted by Gasteiger charge is 2.30. The van der Waals surface area contributed by atoms with Gasteiger partial charge in [-0.25, -0.2) is 4.98 Å². The molecular weight excluding hydrogens is 347 g/mol. The first-order valence-corrected chi connectivity index (χ1v) is 8.81. The van der Waals surface area contributed by atoms with Crippen molar-refractivity contribution in [1.82, 2.24) is 4.98 Å². The van der Waals surface area contributed by atoms with E-state index < -0.39 is 11.7 Å². The Kier molecular flexibility index (Phi) is 4.85. The molecule has 0 unspecified atom stereocenters. The number of alkyl halides is 3. The molecule has 1 aromatic heterocycles. The van der Waals surface area contributed by atoms with Gasteiger partial charge in [-0.3, -0.25) is 0 Å². The Balaban J connectivity index is 2.12. The average molecular weight is 369 g/mol. The molecule has 2 aromatic carbocycles. The van der Waals surface area contributed by atoms with E-state index >= 15 is 0 Å². The summed E-state index contributed by atoms with van der Waals surface area (Å²) in [7, 11) is 0. The van der Waals surface area contributed by atoms with Gasteiger partial charge in [-0.1, -0.05) is 62.7 Å². The maximum absolute atomic E-state index is 12.8. The summed E-state index contributed by atoms with van der Waals surface area (Å²) in [6.45, 7) is 8.35. The molecule has 0 amide bonds. The van der Waals surface area contributed by atoms with Crippen LogP contribution in [0, 0.1) is 6.92 Å². The molecule has 0 saturated carbocycles. The van der Waals surface area contributed by atoms with Crippen LogP contribution in [0.15, 0.2) is 60.7 Å². The minimum Gasteiger partial charge on any atom is -0.248 e. The van der Waals surface area contributed by atoms with Gasteiger partial charge in [-0.05, 0) is 42.2 Å². The molecule has 1 nitrogen and oxygen atoms in total. The van der Waals surface area contributed by atoms with Gasteiger partial charge in [0, 0.05) is 11.1 Å². The van der Waals surface area contributed by atoms with Crippen molar-refractivity contribution in [3.05, 3.63) is 77.4 Å². The molecule has 3 aromatic rings. The van der Waals surface area contributed by atoms with Crippen molar-refractivity contribution < 1.29 is 13.2 Å². The number of nitrogens with zero attached hydrogens (tertiary/aromatic N) is 1. The number of rotatable bonds is 2. The highest BCUT2D eigenvalue weighted by molar-refractivity contribution is 5.68. The number of aryl methyl sites for hydroxylation is 1. The van der Waals surface area contributed by atoms with Gasteiger partial charge in [-0.2, -0.15) is 13.2 Å². The summed E-state index contributed by atoms with van der Waals surface area (Å²) in [6, 6.07) is 17.3. The van der Waals surface area contributed by atoms with E-state index in [9.17, 15) is 13.2 Å². The lowest BCUT2D eigenvalue weighted by Gasteiger charge is -2.21.